The molecule has 1 amide bonds. The van der Waals surface area contributed by atoms with Crippen molar-refractivity contribution < 1.29 is 18.8 Å². The number of carbonyl (C=O) groups excluding carboxylic acids is 1. The lowest BCUT2D eigenvalue weighted by atomic mass is 10.1. The van der Waals surface area contributed by atoms with E-state index >= 15 is 0 Å². The van der Waals surface area contributed by atoms with Crippen LogP contribution < -0.4 is 4.74 Å². The molecule has 10 heteroatoms. The molecule has 1 saturated heterocycles. The van der Waals surface area contributed by atoms with Gasteiger partial charge in [0.05, 0.1) is 9.95 Å². The van der Waals surface area contributed by atoms with E-state index in [1.807, 2.05) is 13.8 Å². The van der Waals surface area contributed by atoms with Gasteiger partial charge in [-0.2, -0.15) is 0 Å². The van der Waals surface area contributed by atoms with Crippen LogP contribution in [-0.4, -0.2) is 52.4 Å². The minimum absolute atomic E-state index is 0.0301. The molecule has 0 spiro atoms. The molecule has 1 aliphatic heterocycles. The predicted octanol–water partition coefficient (Wildman–Crippen LogP) is 4.54. The number of halogens is 3. The number of benzene rings is 2. The van der Waals surface area contributed by atoms with E-state index in [1.165, 1.54) is 18.2 Å². The van der Waals surface area contributed by atoms with Crippen molar-refractivity contribution in [3.8, 4) is 5.75 Å². The van der Waals surface area contributed by atoms with Crippen molar-refractivity contribution in [1.82, 2.24) is 9.80 Å². The second kappa shape index (κ2) is 9.80. The van der Waals surface area contributed by atoms with Crippen LogP contribution in [-0.2, 0) is 11.3 Å². The lowest BCUT2D eigenvalue weighted by molar-refractivity contribution is -0.385. The highest BCUT2D eigenvalue weighted by Gasteiger charge is 2.32. The third-order valence-electron chi connectivity index (χ3n) is 5.26. The third-order valence-corrected chi connectivity index (χ3v) is 5.76. The molecule has 3 rings (SSSR count). The molecule has 0 N–H and O–H groups in total. The van der Waals surface area contributed by atoms with Gasteiger partial charge >= 0.3 is 5.69 Å². The first kappa shape index (κ1) is 23.2. The van der Waals surface area contributed by atoms with Gasteiger partial charge in [0.25, 0.3) is 5.91 Å². The van der Waals surface area contributed by atoms with Crippen LogP contribution in [0.25, 0.3) is 0 Å². The molecule has 166 valence electrons. The summed E-state index contributed by atoms with van der Waals surface area (Å²) in [4.78, 5) is 27.3. The van der Waals surface area contributed by atoms with Crippen LogP contribution in [0, 0.1) is 15.9 Å². The molecule has 0 aromatic heterocycles. The molecule has 0 bridgehead atoms. The zero-order valence-corrected chi connectivity index (χ0v) is 18.6. The van der Waals surface area contributed by atoms with Gasteiger partial charge in [0.15, 0.2) is 6.61 Å². The summed E-state index contributed by atoms with van der Waals surface area (Å²) in [5.74, 6) is -0.747. The van der Waals surface area contributed by atoms with Gasteiger partial charge < -0.3 is 9.64 Å². The van der Waals surface area contributed by atoms with E-state index < -0.39 is 10.6 Å². The van der Waals surface area contributed by atoms with Crippen LogP contribution in [0.2, 0.25) is 10.0 Å². The first-order chi connectivity index (χ1) is 14.7. The second-order valence-corrected chi connectivity index (χ2v) is 8.43. The summed E-state index contributed by atoms with van der Waals surface area (Å²) in [6, 6.07) is 8.80. The molecule has 1 fully saturated rings. The first-order valence-corrected chi connectivity index (χ1v) is 10.5. The molecule has 0 saturated carbocycles. The quantitative estimate of drug-likeness (QED) is 0.458. The molecule has 2 atom stereocenters. The standard InChI is InChI=1S/C21H22Cl2FN3O4/c1-13-10-26(14(2)9-25(13)11-15-3-5-17(24)6-4-15)20(28)12-31-21-18(23)7-16(22)8-19(21)27(29)30/h3-8,13-14H,9-12H2,1-2H3/t13-,14+/m1/s1. The van der Waals surface area contributed by atoms with Gasteiger partial charge in [-0.15, -0.1) is 0 Å². The Bertz CT molecular complexity index is 974. The van der Waals surface area contributed by atoms with Gasteiger partial charge in [0.2, 0.25) is 5.75 Å². The Morgan fingerprint density at radius 1 is 1.19 bits per heavy atom. The lowest BCUT2D eigenvalue weighted by Gasteiger charge is -2.44. The van der Waals surface area contributed by atoms with E-state index in [9.17, 15) is 19.3 Å². The highest BCUT2D eigenvalue weighted by Crippen LogP contribution is 2.37. The van der Waals surface area contributed by atoms with Crippen LogP contribution in [0.15, 0.2) is 36.4 Å². The van der Waals surface area contributed by atoms with Crippen LogP contribution >= 0.6 is 23.2 Å². The maximum absolute atomic E-state index is 13.1. The van der Waals surface area contributed by atoms with Gasteiger partial charge in [-0.1, -0.05) is 35.3 Å². The molecule has 1 heterocycles. The van der Waals surface area contributed by atoms with Crippen molar-refractivity contribution in [3.05, 3.63) is 67.9 Å². The van der Waals surface area contributed by atoms with E-state index in [1.54, 1.807) is 17.0 Å². The zero-order chi connectivity index (χ0) is 22.7. The molecule has 1 aliphatic rings. The summed E-state index contributed by atoms with van der Waals surface area (Å²) in [6.45, 7) is 5.32. The molecular weight excluding hydrogens is 448 g/mol. The van der Waals surface area contributed by atoms with E-state index in [0.29, 0.717) is 19.6 Å². The second-order valence-electron chi connectivity index (χ2n) is 7.58. The Labute approximate surface area is 189 Å². The molecule has 0 radical (unpaired) electrons. The smallest absolute Gasteiger partial charge is 0.314 e. The van der Waals surface area contributed by atoms with Gasteiger partial charge in [-0.3, -0.25) is 19.8 Å². The number of amides is 1. The Hall–Kier alpha value is -2.42. The monoisotopic (exact) mass is 469 g/mol. The van der Waals surface area contributed by atoms with Crippen LogP contribution in [0.4, 0.5) is 10.1 Å². The van der Waals surface area contributed by atoms with E-state index in [2.05, 4.69) is 4.90 Å². The summed E-state index contributed by atoms with van der Waals surface area (Å²) in [6.07, 6.45) is 0. The van der Waals surface area contributed by atoms with Gasteiger partial charge in [0, 0.05) is 42.8 Å². The molecule has 7 nitrogen and oxygen atoms in total. The highest BCUT2D eigenvalue weighted by atomic mass is 35.5. The largest absolute Gasteiger partial charge is 0.476 e. The lowest BCUT2D eigenvalue weighted by Crippen LogP contribution is -2.58. The maximum atomic E-state index is 13.1. The van der Waals surface area contributed by atoms with Crippen molar-refractivity contribution in [2.75, 3.05) is 19.7 Å². The summed E-state index contributed by atoms with van der Waals surface area (Å²) in [5, 5.41) is 11.3. The van der Waals surface area contributed by atoms with Crippen LogP contribution in [0.3, 0.4) is 0 Å². The summed E-state index contributed by atoms with van der Waals surface area (Å²) in [5.41, 5.74) is 0.601. The van der Waals surface area contributed by atoms with Crippen LogP contribution in [0.5, 0.6) is 5.75 Å². The Balaban J connectivity index is 1.63. The molecule has 0 aliphatic carbocycles. The number of carbonyl (C=O) groups is 1. The molecule has 31 heavy (non-hydrogen) atoms. The number of hydrogen-bond donors (Lipinski definition) is 0. The number of ether oxygens (including phenoxy) is 1. The Kier molecular flexibility index (Phi) is 7.35. The number of rotatable bonds is 6. The summed E-state index contributed by atoms with van der Waals surface area (Å²) >= 11 is 11.9. The van der Waals surface area contributed by atoms with Gasteiger partial charge in [-0.25, -0.2) is 4.39 Å². The fourth-order valence-corrected chi connectivity index (χ4v) is 4.17. The van der Waals surface area contributed by atoms with E-state index in [4.69, 9.17) is 27.9 Å². The summed E-state index contributed by atoms with van der Waals surface area (Å²) in [7, 11) is 0. The van der Waals surface area contributed by atoms with Crippen molar-refractivity contribution in [1.29, 1.82) is 0 Å². The SMILES string of the molecule is C[C@@H]1CN(C(=O)COc2c(Cl)cc(Cl)cc2[N+](=O)[O-])[C@@H](C)CN1Cc1ccc(F)cc1. The van der Waals surface area contributed by atoms with E-state index in [-0.39, 0.29) is 46.2 Å². The highest BCUT2D eigenvalue weighted by molar-refractivity contribution is 6.36. The van der Waals surface area contributed by atoms with Crippen molar-refractivity contribution in [2.45, 2.75) is 32.5 Å². The molecule has 2 aromatic carbocycles. The first-order valence-electron chi connectivity index (χ1n) is 9.70. The van der Waals surface area contributed by atoms with Crippen molar-refractivity contribution in [2.24, 2.45) is 0 Å². The number of nitro benzene ring substituents is 1. The molecule has 0 unspecified atom stereocenters. The Morgan fingerprint density at radius 3 is 2.52 bits per heavy atom. The predicted molar refractivity (Wildman–Crippen MR) is 116 cm³/mol. The average molecular weight is 470 g/mol. The number of piperazine rings is 1. The van der Waals surface area contributed by atoms with Crippen molar-refractivity contribution >= 4 is 34.8 Å². The molecular formula is C21H22Cl2FN3O4. The summed E-state index contributed by atoms with van der Waals surface area (Å²) < 4.78 is 18.6. The average Bonchev–Trinajstić information content (AvgIpc) is 2.70. The van der Waals surface area contributed by atoms with Crippen molar-refractivity contribution in [3.63, 3.8) is 0 Å². The molecule has 2 aromatic rings. The fourth-order valence-electron chi connectivity index (χ4n) is 3.63. The van der Waals surface area contributed by atoms with Gasteiger partial charge in [0.1, 0.15) is 5.82 Å². The minimum atomic E-state index is -0.656. The minimum Gasteiger partial charge on any atom is -0.476 e. The number of hydrogen-bond acceptors (Lipinski definition) is 5. The van der Waals surface area contributed by atoms with E-state index in [0.717, 1.165) is 11.6 Å². The fraction of sp³-hybridized carbons (Fsp3) is 0.381. The topological polar surface area (TPSA) is 75.9 Å². The van der Waals surface area contributed by atoms with Gasteiger partial charge in [-0.05, 0) is 37.6 Å². The number of nitro groups is 1. The maximum Gasteiger partial charge on any atom is 0.314 e. The Morgan fingerprint density at radius 2 is 1.87 bits per heavy atom. The normalized spacial score (nSPS) is 19.3. The zero-order valence-electron chi connectivity index (χ0n) is 17.1. The van der Waals surface area contributed by atoms with Crippen LogP contribution in [0.1, 0.15) is 19.4 Å². The number of nitrogens with zero attached hydrogens (tertiary/aromatic N) is 3. The third kappa shape index (κ3) is 5.64.